The van der Waals surface area contributed by atoms with Crippen molar-refractivity contribution in [3.63, 3.8) is 0 Å². The van der Waals surface area contributed by atoms with Crippen LogP contribution in [-0.2, 0) is 0 Å². The van der Waals surface area contributed by atoms with E-state index in [1.807, 2.05) is 79.8 Å². The van der Waals surface area contributed by atoms with Gasteiger partial charge in [-0.1, -0.05) is 84.4 Å². The number of benzene rings is 4. The summed E-state index contributed by atoms with van der Waals surface area (Å²) in [6.45, 7) is 1.31. The Hall–Kier alpha value is -4.42. The minimum Gasteiger partial charge on any atom is -0.375 e. The van der Waals surface area contributed by atoms with Crippen LogP contribution in [0.4, 0.5) is 10.1 Å². The quantitative estimate of drug-likeness (QED) is 0.201. The average Bonchev–Trinajstić information content (AvgIpc) is 3.43. The first-order valence-corrected chi connectivity index (χ1v) is 13.1. The summed E-state index contributed by atoms with van der Waals surface area (Å²) < 4.78 is 15.5. The maximum absolute atomic E-state index is 13.9. The fourth-order valence-electron chi connectivity index (χ4n) is 4.48. The van der Waals surface area contributed by atoms with Gasteiger partial charge in [0.25, 0.3) is 5.91 Å². The summed E-state index contributed by atoms with van der Waals surface area (Å²) in [6, 6.07) is 32.6. The molecule has 1 N–H and O–H groups in total. The maximum Gasteiger partial charge on any atom is 0.255 e. The number of para-hydroxylation sites is 1. The molecular weight excluding hydrogens is 511 g/mol. The van der Waals surface area contributed by atoms with Crippen molar-refractivity contribution in [2.45, 2.75) is 6.42 Å². The van der Waals surface area contributed by atoms with E-state index in [1.165, 1.54) is 12.1 Å². The Bertz CT molecular complexity index is 1550. The molecule has 0 aliphatic rings. The first kappa shape index (κ1) is 26.2. The van der Waals surface area contributed by atoms with Gasteiger partial charge in [0.05, 0.1) is 28.2 Å². The van der Waals surface area contributed by atoms with Gasteiger partial charge in [-0.05, 0) is 47.9 Å². The van der Waals surface area contributed by atoms with E-state index in [4.69, 9.17) is 11.6 Å². The summed E-state index contributed by atoms with van der Waals surface area (Å²) in [7, 11) is 2.03. The summed E-state index contributed by atoms with van der Waals surface area (Å²) in [5.74, 6) is -0.737. The Morgan fingerprint density at radius 3 is 2.23 bits per heavy atom. The SMILES string of the molecule is CN(CCCNC(=O)c1cnn(-c2ccc(F)c(Cl)c2)c1-c1ccc(-c2ccccc2)cc1)c1ccccc1. The molecule has 0 atom stereocenters. The van der Waals surface area contributed by atoms with E-state index in [1.54, 1.807) is 16.9 Å². The van der Waals surface area contributed by atoms with Crippen LogP contribution in [0.1, 0.15) is 16.8 Å². The second kappa shape index (κ2) is 12.0. The van der Waals surface area contributed by atoms with Gasteiger partial charge in [-0.2, -0.15) is 5.10 Å². The lowest BCUT2D eigenvalue weighted by Crippen LogP contribution is -2.28. The van der Waals surface area contributed by atoms with Crippen molar-refractivity contribution < 1.29 is 9.18 Å². The van der Waals surface area contributed by atoms with Crippen LogP contribution in [0.5, 0.6) is 0 Å². The third-order valence-electron chi connectivity index (χ3n) is 6.58. The van der Waals surface area contributed by atoms with Crippen molar-refractivity contribution in [2.24, 2.45) is 0 Å². The van der Waals surface area contributed by atoms with Gasteiger partial charge >= 0.3 is 0 Å². The van der Waals surface area contributed by atoms with E-state index in [9.17, 15) is 9.18 Å². The van der Waals surface area contributed by atoms with Crippen molar-refractivity contribution in [1.29, 1.82) is 0 Å². The topological polar surface area (TPSA) is 50.2 Å². The van der Waals surface area contributed by atoms with Crippen molar-refractivity contribution in [1.82, 2.24) is 15.1 Å². The minimum absolute atomic E-state index is 0.0121. The molecule has 0 bridgehead atoms. The van der Waals surface area contributed by atoms with E-state index < -0.39 is 5.82 Å². The Balaban J connectivity index is 1.39. The lowest BCUT2D eigenvalue weighted by molar-refractivity contribution is 0.0954. The van der Waals surface area contributed by atoms with Gasteiger partial charge in [-0.25, -0.2) is 9.07 Å². The molecule has 5 rings (SSSR count). The monoisotopic (exact) mass is 538 g/mol. The van der Waals surface area contributed by atoms with Gasteiger partial charge < -0.3 is 10.2 Å². The normalized spacial score (nSPS) is 10.8. The summed E-state index contributed by atoms with van der Waals surface area (Å²) >= 11 is 6.07. The van der Waals surface area contributed by atoms with Crippen molar-refractivity contribution in [3.05, 3.63) is 126 Å². The van der Waals surface area contributed by atoms with Crippen LogP contribution in [0.15, 0.2) is 109 Å². The Morgan fingerprint density at radius 2 is 1.54 bits per heavy atom. The lowest BCUT2D eigenvalue weighted by Gasteiger charge is -2.19. The van der Waals surface area contributed by atoms with Gasteiger partial charge in [0.15, 0.2) is 0 Å². The van der Waals surface area contributed by atoms with Crippen LogP contribution in [0.25, 0.3) is 28.1 Å². The Labute approximate surface area is 232 Å². The van der Waals surface area contributed by atoms with Gasteiger partial charge in [-0.3, -0.25) is 4.79 Å². The highest BCUT2D eigenvalue weighted by molar-refractivity contribution is 6.30. The van der Waals surface area contributed by atoms with Crippen molar-refractivity contribution in [2.75, 3.05) is 25.0 Å². The molecule has 4 aromatic carbocycles. The number of hydrogen-bond donors (Lipinski definition) is 1. The second-order valence-corrected chi connectivity index (χ2v) is 9.63. The molecule has 0 aliphatic carbocycles. The van der Waals surface area contributed by atoms with Crippen LogP contribution in [0.2, 0.25) is 5.02 Å². The zero-order chi connectivity index (χ0) is 27.2. The van der Waals surface area contributed by atoms with Crippen LogP contribution < -0.4 is 10.2 Å². The van der Waals surface area contributed by atoms with Gasteiger partial charge in [0.2, 0.25) is 0 Å². The third kappa shape index (κ3) is 6.02. The number of carbonyl (C=O) groups is 1. The lowest BCUT2D eigenvalue weighted by atomic mass is 10.0. The number of amides is 1. The number of aromatic nitrogens is 2. The molecule has 7 heteroatoms. The highest BCUT2D eigenvalue weighted by atomic mass is 35.5. The molecule has 0 unspecified atom stereocenters. The van der Waals surface area contributed by atoms with E-state index in [0.29, 0.717) is 23.5 Å². The zero-order valence-corrected chi connectivity index (χ0v) is 22.3. The van der Waals surface area contributed by atoms with Crippen molar-refractivity contribution >= 4 is 23.2 Å². The maximum atomic E-state index is 13.9. The number of rotatable bonds is 9. The number of nitrogens with one attached hydrogen (secondary N) is 1. The molecule has 0 radical (unpaired) electrons. The largest absolute Gasteiger partial charge is 0.375 e. The average molecular weight is 539 g/mol. The fraction of sp³-hybridized carbons (Fsp3) is 0.125. The first-order valence-electron chi connectivity index (χ1n) is 12.7. The van der Waals surface area contributed by atoms with E-state index in [2.05, 4.69) is 27.4 Å². The van der Waals surface area contributed by atoms with Crippen LogP contribution in [-0.4, -0.2) is 35.8 Å². The summed E-state index contributed by atoms with van der Waals surface area (Å²) in [4.78, 5) is 15.5. The number of hydrogen-bond acceptors (Lipinski definition) is 3. The van der Waals surface area contributed by atoms with Gasteiger partial charge in [0, 0.05) is 31.4 Å². The molecule has 39 heavy (non-hydrogen) atoms. The number of carbonyl (C=O) groups excluding carboxylic acids is 1. The van der Waals surface area contributed by atoms with Crippen LogP contribution in [0.3, 0.4) is 0 Å². The van der Waals surface area contributed by atoms with Crippen LogP contribution >= 0.6 is 11.6 Å². The molecule has 0 spiro atoms. The summed E-state index contributed by atoms with van der Waals surface area (Å²) in [5, 5.41) is 7.52. The van der Waals surface area contributed by atoms with Gasteiger partial charge in [0.1, 0.15) is 5.82 Å². The predicted molar refractivity (Wildman–Crippen MR) is 156 cm³/mol. The van der Waals surface area contributed by atoms with E-state index in [-0.39, 0.29) is 10.9 Å². The zero-order valence-electron chi connectivity index (χ0n) is 21.5. The molecule has 0 saturated heterocycles. The molecule has 1 amide bonds. The Kier molecular flexibility index (Phi) is 8.04. The molecule has 0 aliphatic heterocycles. The second-order valence-electron chi connectivity index (χ2n) is 9.23. The molecule has 5 aromatic rings. The van der Waals surface area contributed by atoms with Crippen molar-refractivity contribution in [3.8, 4) is 28.1 Å². The first-order chi connectivity index (χ1) is 19.0. The summed E-state index contributed by atoms with van der Waals surface area (Å²) in [5.41, 5.74) is 5.69. The molecular formula is C32H28ClFN4O. The highest BCUT2D eigenvalue weighted by Crippen LogP contribution is 2.30. The van der Waals surface area contributed by atoms with E-state index in [0.717, 1.165) is 35.3 Å². The Morgan fingerprint density at radius 1 is 0.897 bits per heavy atom. The smallest absolute Gasteiger partial charge is 0.255 e. The van der Waals surface area contributed by atoms with Crippen LogP contribution in [0, 0.1) is 5.82 Å². The standard InChI is InChI=1S/C32H28ClFN4O/c1-37(26-11-6-3-7-12-26)20-8-19-35-32(39)28-22-36-38(27-17-18-30(34)29(33)21-27)31(28)25-15-13-24(14-16-25)23-9-4-2-5-10-23/h2-7,9-18,21-22H,8,19-20H2,1H3,(H,35,39). The molecule has 5 nitrogen and oxygen atoms in total. The molecule has 0 saturated carbocycles. The predicted octanol–water partition coefficient (Wildman–Crippen LogP) is 7.26. The van der Waals surface area contributed by atoms with Gasteiger partial charge in [-0.15, -0.1) is 0 Å². The number of nitrogens with zero attached hydrogens (tertiary/aromatic N) is 3. The minimum atomic E-state index is -0.514. The molecule has 1 heterocycles. The molecule has 0 fully saturated rings. The number of anilines is 1. The molecule has 196 valence electrons. The summed E-state index contributed by atoms with van der Waals surface area (Å²) in [6.07, 6.45) is 2.32. The number of halogens is 2. The van der Waals surface area contributed by atoms with E-state index >= 15 is 0 Å². The highest BCUT2D eigenvalue weighted by Gasteiger charge is 2.21. The fourth-order valence-corrected chi connectivity index (χ4v) is 4.66. The third-order valence-corrected chi connectivity index (χ3v) is 6.87. The molecule has 1 aromatic heterocycles.